The summed E-state index contributed by atoms with van der Waals surface area (Å²) in [4.78, 5) is 0. The molecule has 0 saturated carbocycles. The van der Waals surface area contributed by atoms with E-state index in [0.717, 1.165) is 43.7 Å². The van der Waals surface area contributed by atoms with Crippen molar-refractivity contribution < 1.29 is 9.13 Å². The maximum atomic E-state index is 13.0. The lowest BCUT2D eigenvalue weighted by molar-refractivity contribution is 0.167. The van der Waals surface area contributed by atoms with Crippen molar-refractivity contribution in [2.45, 2.75) is 32.2 Å². The van der Waals surface area contributed by atoms with Gasteiger partial charge in [-0.2, -0.15) is 0 Å². The Kier molecular flexibility index (Phi) is 4.76. The molecule has 1 heterocycles. The van der Waals surface area contributed by atoms with Gasteiger partial charge in [-0.15, -0.1) is 0 Å². The Labute approximate surface area is 108 Å². The number of benzene rings is 1. The number of hydrogen-bond donors (Lipinski definition) is 1. The molecule has 1 N–H and O–H groups in total. The zero-order valence-corrected chi connectivity index (χ0v) is 10.8. The summed E-state index contributed by atoms with van der Waals surface area (Å²) in [5.74, 6) is 0.771. The van der Waals surface area contributed by atoms with Crippen molar-refractivity contribution in [1.82, 2.24) is 5.32 Å². The zero-order valence-electron chi connectivity index (χ0n) is 10.8. The molecule has 3 heteroatoms. The molecule has 1 aromatic rings. The summed E-state index contributed by atoms with van der Waals surface area (Å²) in [5.41, 5.74) is 1.05. The fraction of sp³-hybridized carbons (Fsp3) is 0.467. The Hall–Kier alpha value is -1.35. The van der Waals surface area contributed by atoms with Crippen molar-refractivity contribution in [1.29, 1.82) is 0 Å². The Balaban J connectivity index is 2.18. The molecule has 1 aliphatic heterocycles. The van der Waals surface area contributed by atoms with Gasteiger partial charge in [-0.25, -0.2) is 4.39 Å². The summed E-state index contributed by atoms with van der Waals surface area (Å²) < 4.78 is 18.7. The minimum atomic E-state index is -0.202. The summed E-state index contributed by atoms with van der Waals surface area (Å²) in [5, 5.41) is 3.46. The van der Waals surface area contributed by atoms with Gasteiger partial charge in [-0.05, 0) is 49.6 Å². The number of rotatable bonds is 5. The Morgan fingerprint density at radius 2 is 2.11 bits per heavy atom. The SMILES string of the molecule is CCCNC(C1=CCCCO1)c1ccc(F)cc1. The third-order valence-electron chi connectivity index (χ3n) is 3.05. The van der Waals surface area contributed by atoms with E-state index in [2.05, 4.69) is 18.3 Å². The van der Waals surface area contributed by atoms with Crippen LogP contribution in [0, 0.1) is 5.82 Å². The molecule has 0 radical (unpaired) electrons. The van der Waals surface area contributed by atoms with E-state index in [9.17, 15) is 4.39 Å². The standard InChI is InChI=1S/C15H20FNO/c1-2-10-17-15(14-5-3-4-11-18-14)12-6-8-13(16)9-7-12/h5-9,15,17H,2-4,10-11H2,1H3. The zero-order chi connectivity index (χ0) is 12.8. The molecule has 0 aliphatic carbocycles. The predicted octanol–water partition coefficient (Wildman–Crippen LogP) is 3.56. The summed E-state index contributed by atoms with van der Waals surface area (Å²) >= 11 is 0. The fourth-order valence-electron chi connectivity index (χ4n) is 2.10. The number of ether oxygens (including phenoxy) is 1. The third kappa shape index (κ3) is 3.33. The second-order valence-electron chi connectivity index (χ2n) is 4.54. The highest BCUT2D eigenvalue weighted by Crippen LogP contribution is 2.26. The maximum absolute atomic E-state index is 13.0. The van der Waals surface area contributed by atoms with Gasteiger partial charge >= 0.3 is 0 Å². The van der Waals surface area contributed by atoms with E-state index >= 15 is 0 Å². The van der Waals surface area contributed by atoms with Gasteiger partial charge in [0.1, 0.15) is 11.6 Å². The highest BCUT2D eigenvalue weighted by molar-refractivity contribution is 5.26. The van der Waals surface area contributed by atoms with E-state index in [1.165, 1.54) is 12.1 Å². The van der Waals surface area contributed by atoms with Crippen LogP contribution in [0.2, 0.25) is 0 Å². The molecule has 1 atom stereocenters. The molecule has 0 aromatic heterocycles. The van der Waals surface area contributed by atoms with Crippen LogP contribution in [0.4, 0.5) is 4.39 Å². The molecule has 2 nitrogen and oxygen atoms in total. The Morgan fingerprint density at radius 3 is 2.72 bits per heavy atom. The van der Waals surface area contributed by atoms with Gasteiger partial charge in [-0.1, -0.05) is 19.1 Å². The largest absolute Gasteiger partial charge is 0.496 e. The van der Waals surface area contributed by atoms with Crippen LogP contribution in [0.15, 0.2) is 36.1 Å². The normalized spacial score (nSPS) is 16.9. The lowest BCUT2D eigenvalue weighted by Crippen LogP contribution is -2.26. The van der Waals surface area contributed by atoms with Crippen LogP contribution in [0.25, 0.3) is 0 Å². The van der Waals surface area contributed by atoms with Gasteiger partial charge < -0.3 is 10.1 Å². The molecular weight excluding hydrogens is 229 g/mol. The number of halogens is 1. The van der Waals surface area contributed by atoms with Crippen LogP contribution in [0.3, 0.4) is 0 Å². The third-order valence-corrected chi connectivity index (χ3v) is 3.05. The van der Waals surface area contributed by atoms with E-state index in [4.69, 9.17) is 4.74 Å². The second-order valence-corrected chi connectivity index (χ2v) is 4.54. The molecule has 2 rings (SSSR count). The molecule has 1 unspecified atom stereocenters. The average Bonchev–Trinajstić information content (AvgIpc) is 2.42. The number of nitrogens with one attached hydrogen (secondary N) is 1. The first-order valence-electron chi connectivity index (χ1n) is 6.63. The monoisotopic (exact) mass is 249 g/mol. The minimum absolute atomic E-state index is 0.0471. The number of allylic oxidation sites excluding steroid dienone is 1. The smallest absolute Gasteiger partial charge is 0.123 e. The van der Waals surface area contributed by atoms with Gasteiger partial charge in [0, 0.05) is 0 Å². The van der Waals surface area contributed by atoms with E-state index in [-0.39, 0.29) is 11.9 Å². The highest BCUT2D eigenvalue weighted by Gasteiger charge is 2.19. The summed E-state index contributed by atoms with van der Waals surface area (Å²) in [7, 11) is 0. The maximum Gasteiger partial charge on any atom is 0.123 e. The van der Waals surface area contributed by atoms with Crippen molar-refractivity contribution in [3.8, 4) is 0 Å². The van der Waals surface area contributed by atoms with Crippen LogP contribution in [-0.2, 0) is 4.74 Å². The Bertz CT molecular complexity index is 399. The lowest BCUT2D eigenvalue weighted by Gasteiger charge is -2.25. The van der Waals surface area contributed by atoms with Gasteiger partial charge in [0.05, 0.1) is 12.6 Å². The highest BCUT2D eigenvalue weighted by atomic mass is 19.1. The van der Waals surface area contributed by atoms with Crippen LogP contribution < -0.4 is 5.32 Å². The topological polar surface area (TPSA) is 21.3 Å². The lowest BCUT2D eigenvalue weighted by atomic mass is 10.0. The molecule has 0 spiro atoms. The van der Waals surface area contributed by atoms with Crippen molar-refractivity contribution in [2.75, 3.05) is 13.2 Å². The number of hydrogen-bond acceptors (Lipinski definition) is 2. The first kappa shape index (κ1) is 13.1. The molecule has 0 bridgehead atoms. The van der Waals surface area contributed by atoms with Gasteiger partial charge in [0.25, 0.3) is 0 Å². The minimum Gasteiger partial charge on any atom is -0.496 e. The molecule has 0 fully saturated rings. The van der Waals surface area contributed by atoms with Crippen LogP contribution in [-0.4, -0.2) is 13.2 Å². The van der Waals surface area contributed by atoms with E-state index in [1.807, 2.05) is 12.1 Å². The molecule has 18 heavy (non-hydrogen) atoms. The molecular formula is C15H20FNO. The predicted molar refractivity (Wildman–Crippen MR) is 70.7 cm³/mol. The van der Waals surface area contributed by atoms with Gasteiger partial charge in [0.2, 0.25) is 0 Å². The molecule has 98 valence electrons. The Morgan fingerprint density at radius 1 is 1.33 bits per heavy atom. The van der Waals surface area contributed by atoms with Crippen LogP contribution in [0.5, 0.6) is 0 Å². The first-order valence-corrected chi connectivity index (χ1v) is 6.63. The van der Waals surface area contributed by atoms with Crippen molar-refractivity contribution in [2.24, 2.45) is 0 Å². The second kappa shape index (κ2) is 6.55. The quantitative estimate of drug-likeness (QED) is 0.861. The van der Waals surface area contributed by atoms with Gasteiger partial charge in [0.15, 0.2) is 0 Å². The van der Waals surface area contributed by atoms with E-state index in [1.54, 1.807) is 0 Å². The van der Waals surface area contributed by atoms with Crippen LogP contribution in [0.1, 0.15) is 37.8 Å². The van der Waals surface area contributed by atoms with Crippen molar-refractivity contribution >= 4 is 0 Å². The van der Waals surface area contributed by atoms with Crippen molar-refractivity contribution in [3.63, 3.8) is 0 Å². The summed E-state index contributed by atoms with van der Waals surface area (Å²) in [6, 6.07) is 6.69. The van der Waals surface area contributed by atoms with E-state index < -0.39 is 0 Å². The summed E-state index contributed by atoms with van der Waals surface area (Å²) in [6.07, 6.45) is 5.33. The van der Waals surface area contributed by atoms with E-state index in [0.29, 0.717) is 0 Å². The molecule has 1 aromatic carbocycles. The molecule has 0 saturated heterocycles. The fourth-order valence-corrected chi connectivity index (χ4v) is 2.10. The first-order chi connectivity index (χ1) is 8.81. The molecule has 1 aliphatic rings. The summed E-state index contributed by atoms with van der Waals surface area (Å²) in [6.45, 7) is 3.82. The average molecular weight is 249 g/mol. The van der Waals surface area contributed by atoms with Crippen molar-refractivity contribution in [3.05, 3.63) is 47.5 Å². The van der Waals surface area contributed by atoms with Crippen LogP contribution >= 0.6 is 0 Å². The van der Waals surface area contributed by atoms with Gasteiger partial charge in [-0.3, -0.25) is 0 Å². The molecule has 0 amide bonds.